The Morgan fingerprint density at radius 1 is 0.963 bits per heavy atom. The Labute approximate surface area is 161 Å². The van der Waals surface area contributed by atoms with Gasteiger partial charge in [0.1, 0.15) is 18.1 Å². The minimum atomic E-state index is 0.674. The van der Waals surface area contributed by atoms with Crippen LogP contribution in [0.15, 0.2) is 65.2 Å². The van der Waals surface area contributed by atoms with Crippen molar-refractivity contribution in [1.82, 2.24) is 10.1 Å². The van der Waals surface area contributed by atoms with Crippen molar-refractivity contribution in [2.75, 3.05) is 26.2 Å². The summed E-state index contributed by atoms with van der Waals surface area (Å²) in [4.78, 5) is 2.35. The van der Waals surface area contributed by atoms with E-state index >= 15 is 0 Å². The maximum absolute atomic E-state index is 6.00. The van der Waals surface area contributed by atoms with E-state index in [0.717, 1.165) is 42.2 Å². The molecular weight excluding hydrogens is 336 g/mol. The fourth-order valence-corrected chi connectivity index (χ4v) is 2.86. The summed E-state index contributed by atoms with van der Waals surface area (Å²) in [6.07, 6.45) is 3.92. The van der Waals surface area contributed by atoms with Crippen molar-refractivity contribution in [3.05, 3.63) is 72.0 Å². The predicted molar refractivity (Wildman–Crippen MR) is 111 cm³/mol. The van der Waals surface area contributed by atoms with Crippen LogP contribution in [0, 0.1) is 0 Å². The van der Waals surface area contributed by atoms with Gasteiger partial charge in [-0.25, -0.2) is 0 Å². The molecule has 4 nitrogen and oxygen atoms in total. The maximum atomic E-state index is 6.00. The van der Waals surface area contributed by atoms with E-state index < -0.39 is 0 Å². The minimum Gasteiger partial charge on any atom is -0.492 e. The van der Waals surface area contributed by atoms with Gasteiger partial charge in [-0.3, -0.25) is 0 Å². The van der Waals surface area contributed by atoms with E-state index in [1.165, 1.54) is 0 Å². The first-order valence-corrected chi connectivity index (χ1v) is 9.44. The predicted octanol–water partition coefficient (Wildman–Crippen LogP) is 5.23. The molecule has 4 heteroatoms. The van der Waals surface area contributed by atoms with Crippen molar-refractivity contribution in [3.63, 3.8) is 0 Å². The smallest absolute Gasteiger partial charge is 0.160 e. The number of likely N-dealkylation sites (N-methyl/N-ethyl adjacent to an activating group) is 1. The van der Waals surface area contributed by atoms with E-state index in [2.05, 4.69) is 23.9 Å². The van der Waals surface area contributed by atoms with Gasteiger partial charge in [0.05, 0.1) is 0 Å². The Kier molecular flexibility index (Phi) is 6.83. The van der Waals surface area contributed by atoms with E-state index in [1.54, 1.807) is 0 Å². The van der Waals surface area contributed by atoms with Crippen molar-refractivity contribution in [3.8, 4) is 17.0 Å². The molecule has 0 saturated carbocycles. The molecule has 140 valence electrons. The Balaban J connectivity index is 1.66. The van der Waals surface area contributed by atoms with Gasteiger partial charge in [0, 0.05) is 23.7 Å². The molecule has 0 unspecified atom stereocenters. The number of aromatic nitrogens is 1. The molecule has 0 aliphatic carbocycles. The Morgan fingerprint density at radius 2 is 1.70 bits per heavy atom. The summed E-state index contributed by atoms with van der Waals surface area (Å²) >= 11 is 0. The maximum Gasteiger partial charge on any atom is 0.160 e. The highest BCUT2D eigenvalue weighted by atomic mass is 16.5. The number of nitrogens with zero attached hydrogens (tertiary/aromatic N) is 2. The Morgan fingerprint density at radius 3 is 2.48 bits per heavy atom. The van der Waals surface area contributed by atoms with Gasteiger partial charge in [-0.15, -0.1) is 0 Å². The number of hydrogen-bond acceptors (Lipinski definition) is 4. The topological polar surface area (TPSA) is 38.5 Å². The van der Waals surface area contributed by atoms with Crippen molar-refractivity contribution in [1.29, 1.82) is 0 Å². The van der Waals surface area contributed by atoms with Gasteiger partial charge >= 0.3 is 0 Å². The number of benzene rings is 2. The molecule has 2 aromatic carbocycles. The molecule has 0 aliphatic heterocycles. The fraction of sp³-hybridized carbons (Fsp3) is 0.261. The molecule has 1 aromatic heterocycles. The summed E-state index contributed by atoms with van der Waals surface area (Å²) in [5.41, 5.74) is 2.90. The third-order valence-electron chi connectivity index (χ3n) is 4.50. The molecule has 0 amide bonds. The second-order valence-corrected chi connectivity index (χ2v) is 6.23. The number of ether oxygens (including phenoxy) is 1. The Hall–Kier alpha value is -2.85. The van der Waals surface area contributed by atoms with Crippen LogP contribution in [0.4, 0.5) is 0 Å². The van der Waals surface area contributed by atoms with Crippen molar-refractivity contribution in [2.45, 2.75) is 13.8 Å². The standard InChI is InChI=1S/C23H26N2O2/c1-3-25(4-2)16-17-26-23-13-9-8-12-20(23)14-15-21-18-22(24-27-21)19-10-6-5-7-11-19/h5-15,18H,3-4,16-17H2,1-2H3/b15-14+. The first-order chi connectivity index (χ1) is 13.3. The van der Waals surface area contributed by atoms with Gasteiger partial charge in [0.15, 0.2) is 5.76 Å². The molecule has 0 N–H and O–H groups in total. The summed E-state index contributed by atoms with van der Waals surface area (Å²) in [6, 6.07) is 20.0. The highest BCUT2D eigenvalue weighted by Crippen LogP contribution is 2.23. The second kappa shape index (κ2) is 9.74. The molecule has 0 atom stereocenters. The van der Waals surface area contributed by atoms with Gasteiger partial charge in [0.25, 0.3) is 0 Å². The van der Waals surface area contributed by atoms with Gasteiger partial charge in [-0.2, -0.15) is 0 Å². The number of para-hydroxylation sites is 1. The molecule has 0 spiro atoms. The summed E-state index contributed by atoms with van der Waals surface area (Å²) in [7, 11) is 0. The first kappa shape index (κ1) is 18.9. The summed E-state index contributed by atoms with van der Waals surface area (Å²) in [5.74, 6) is 1.59. The number of hydrogen-bond donors (Lipinski definition) is 0. The van der Waals surface area contributed by atoms with Crippen LogP contribution in [0.1, 0.15) is 25.2 Å². The van der Waals surface area contributed by atoms with Gasteiger partial charge in [-0.1, -0.05) is 67.5 Å². The van der Waals surface area contributed by atoms with Crippen LogP contribution in [0.25, 0.3) is 23.4 Å². The van der Waals surface area contributed by atoms with E-state index in [-0.39, 0.29) is 0 Å². The van der Waals surface area contributed by atoms with Crippen molar-refractivity contribution in [2.24, 2.45) is 0 Å². The third-order valence-corrected chi connectivity index (χ3v) is 4.50. The zero-order valence-electron chi connectivity index (χ0n) is 16.0. The highest BCUT2D eigenvalue weighted by molar-refractivity contribution is 5.72. The molecule has 0 fully saturated rings. The molecule has 0 saturated heterocycles. The van der Waals surface area contributed by atoms with Crippen molar-refractivity contribution >= 4 is 12.2 Å². The van der Waals surface area contributed by atoms with Gasteiger partial charge in [-0.05, 0) is 31.3 Å². The lowest BCUT2D eigenvalue weighted by molar-refractivity contribution is 0.222. The van der Waals surface area contributed by atoms with E-state index in [0.29, 0.717) is 12.4 Å². The Bertz CT molecular complexity index is 852. The lowest BCUT2D eigenvalue weighted by atomic mass is 10.1. The molecule has 27 heavy (non-hydrogen) atoms. The second-order valence-electron chi connectivity index (χ2n) is 6.23. The highest BCUT2D eigenvalue weighted by Gasteiger charge is 2.05. The monoisotopic (exact) mass is 362 g/mol. The normalized spacial score (nSPS) is 11.4. The first-order valence-electron chi connectivity index (χ1n) is 9.44. The third kappa shape index (κ3) is 5.31. The summed E-state index contributed by atoms with van der Waals surface area (Å²) < 4.78 is 11.4. The quantitative estimate of drug-likeness (QED) is 0.522. The van der Waals surface area contributed by atoms with Crippen LogP contribution in [0.2, 0.25) is 0 Å². The average molecular weight is 362 g/mol. The van der Waals surface area contributed by atoms with Crippen LogP contribution < -0.4 is 4.74 Å². The van der Waals surface area contributed by atoms with Gasteiger partial charge < -0.3 is 14.2 Å². The lowest BCUT2D eigenvalue weighted by Gasteiger charge is -2.18. The molecule has 3 rings (SSSR count). The zero-order valence-corrected chi connectivity index (χ0v) is 16.0. The molecule has 1 heterocycles. The molecule has 0 bridgehead atoms. The fourth-order valence-electron chi connectivity index (χ4n) is 2.86. The molecule has 0 radical (unpaired) electrons. The van der Waals surface area contributed by atoms with Crippen LogP contribution in [-0.2, 0) is 0 Å². The molecule has 3 aromatic rings. The van der Waals surface area contributed by atoms with E-state index in [1.807, 2.05) is 72.8 Å². The largest absolute Gasteiger partial charge is 0.492 e. The van der Waals surface area contributed by atoms with Crippen LogP contribution in [0.3, 0.4) is 0 Å². The van der Waals surface area contributed by atoms with E-state index in [4.69, 9.17) is 9.26 Å². The van der Waals surface area contributed by atoms with Crippen LogP contribution in [-0.4, -0.2) is 36.3 Å². The van der Waals surface area contributed by atoms with E-state index in [9.17, 15) is 0 Å². The number of rotatable bonds is 9. The SMILES string of the molecule is CCN(CC)CCOc1ccccc1/C=C/c1cc(-c2ccccc2)no1. The average Bonchev–Trinajstić information content (AvgIpc) is 3.20. The molecule has 0 aliphatic rings. The lowest BCUT2D eigenvalue weighted by Crippen LogP contribution is -2.27. The minimum absolute atomic E-state index is 0.674. The van der Waals surface area contributed by atoms with Crippen LogP contribution >= 0.6 is 0 Å². The zero-order chi connectivity index (χ0) is 18.9. The molecular formula is C23H26N2O2. The summed E-state index contributed by atoms with van der Waals surface area (Å²) in [5, 5.41) is 4.15. The van der Waals surface area contributed by atoms with Gasteiger partial charge in [0.2, 0.25) is 0 Å². The van der Waals surface area contributed by atoms with Crippen molar-refractivity contribution < 1.29 is 9.26 Å². The van der Waals surface area contributed by atoms with Crippen LogP contribution in [0.5, 0.6) is 5.75 Å². The summed E-state index contributed by atoms with van der Waals surface area (Å²) in [6.45, 7) is 8.01.